The Morgan fingerprint density at radius 3 is 2.48 bits per heavy atom. The van der Waals surface area contributed by atoms with Gasteiger partial charge in [-0.3, -0.25) is 14.9 Å². The van der Waals surface area contributed by atoms with Crippen molar-refractivity contribution in [2.75, 3.05) is 12.4 Å². The highest BCUT2D eigenvalue weighted by molar-refractivity contribution is 7.99. The lowest BCUT2D eigenvalue weighted by molar-refractivity contribution is -0.125. The van der Waals surface area contributed by atoms with Gasteiger partial charge in [0.25, 0.3) is 11.8 Å². The second-order valence-corrected chi connectivity index (χ2v) is 8.42. The zero-order valence-corrected chi connectivity index (χ0v) is 16.5. The summed E-state index contributed by atoms with van der Waals surface area (Å²) in [5.41, 5.74) is -1.19. The molecule has 146 valence electrons. The Bertz CT molecular complexity index is 775. The van der Waals surface area contributed by atoms with Gasteiger partial charge in [-0.25, -0.2) is 9.59 Å². The van der Waals surface area contributed by atoms with Crippen LogP contribution in [-0.2, 0) is 14.3 Å². The molecule has 0 bridgehead atoms. The molecule has 0 unspecified atom stereocenters. The van der Waals surface area contributed by atoms with Crippen molar-refractivity contribution >= 4 is 35.6 Å². The molecule has 2 rings (SSSR count). The Morgan fingerprint density at radius 2 is 1.89 bits per heavy atom. The third kappa shape index (κ3) is 5.72. The van der Waals surface area contributed by atoms with Crippen molar-refractivity contribution in [2.24, 2.45) is 0 Å². The number of hydrogen-bond acceptors (Lipinski definition) is 6. The van der Waals surface area contributed by atoms with E-state index in [1.54, 1.807) is 31.2 Å². The third-order valence-electron chi connectivity index (χ3n) is 3.59. The number of ether oxygens (including phenoxy) is 1. The van der Waals surface area contributed by atoms with Crippen LogP contribution in [0.3, 0.4) is 0 Å². The number of imide groups is 1. The molecule has 0 saturated carbocycles. The smallest absolute Gasteiger partial charge is 0.339 e. The van der Waals surface area contributed by atoms with Gasteiger partial charge in [-0.15, -0.1) is 11.8 Å². The van der Waals surface area contributed by atoms with Gasteiger partial charge in [-0.2, -0.15) is 0 Å². The summed E-state index contributed by atoms with van der Waals surface area (Å²) in [6.45, 7) is 6.72. The molecule has 0 spiro atoms. The average Bonchev–Trinajstić information content (AvgIpc) is 2.82. The maximum atomic E-state index is 12.4. The summed E-state index contributed by atoms with van der Waals surface area (Å²) in [6.07, 6.45) is 0. The summed E-state index contributed by atoms with van der Waals surface area (Å²) in [5.74, 6) is -1.20. The first-order chi connectivity index (χ1) is 12.5. The van der Waals surface area contributed by atoms with E-state index >= 15 is 0 Å². The molecule has 1 heterocycles. The number of esters is 1. The number of urea groups is 1. The lowest BCUT2D eigenvalue weighted by atomic mass is 10.1. The van der Waals surface area contributed by atoms with Crippen molar-refractivity contribution in [1.82, 2.24) is 16.0 Å². The first-order valence-electron chi connectivity index (χ1n) is 8.34. The van der Waals surface area contributed by atoms with Gasteiger partial charge in [0.2, 0.25) is 0 Å². The zero-order chi connectivity index (χ0) is 20.2. The Balaban J connectivity index is 2.00. The second-order valence-electron chi connectivity index (χ2n) is 7.40. The summed E-state index contributed by atoms with van der Waals surface area (Å²) >= 11 is 1.24. The van der Waals surface area contributed by atoms with Gasteiger partial charge in [0.05, 0.1) is 5.56 Å². The minimum absolute atomic E-state index is 0.235. The van der Waals surface area contributed by atoms with Gasteiger partial charge >= 0.3 is 12.0 Å². The molecule has 4 amide bonds. The van der Waals surface area contributed by atoms with E-state index in [-0.39, 0.29) is 18.3 Å². The molecule has 0 radical (unpaired) electrons. The molecule has 8 nitrogen and oxygen atoms in total. The van der Waals surface area contributed by atoms with Crippen LogP contribution in [0.1, 0.15) is 38.1 Å². The number of rotatable bonds is 6. The normalized spacial score (nSPS) is 19.3. The van der Waals surface area contributed by atoms with Crippen molar-refractivity contribution in [2.45, 2.75) is 43.7 Å². The van der Waals surface area contributed by atoms with Crippen LogP contribution >= 0.6 is 11.8 Å². The summed E-state index contributed by atoms with van der Waals surface area (Å²) in [7, 11) is 0. The van der Waals surface area contributed by atoms with E-state index in [0.29, 0.717) is 10.5 Å². The lowest BCUT2D eigenvalue weighted by Crippen LogP contribution is -2.46. The van der Waals surface area contributed by atoms with Crippen molar-refractivity contribution < 1.29 is 23.9 Å². The quantitative estimate of drug-likeness (QED) is 0.383. The van der Waals surface area contributed by atoms with E-state index in [2.05, 4.69) is 16.0 Å². The van der Waals surface area contributed by atoms with Crippen molar-refractivity contribution in [3.63, 3.8) is 0 Å². The minimum Gasteiger partial charge on any atom is -0.452 e. The van der Waals surface area contributed by atoms with Crippen LogP contribution in [0.2, 0.25) is 0 Å². The Hall–Kier alpha value is -2.55. The van der Waals surface area contributed by atoms with Gasteiger partial charge in [0, 0.05) is 16.2 Å². The lowest BCUT2D eigenvalue weighted by Gasteiger charge is -2.21. The fraction of sp³-hybridized carbons (Fsp3) is 0.444. The summed E-state index contributed by atoms with van der Waals surface area (Å²) in [6, 6.07) is 6.19. The predicted molar refractivity (Wildman–Crippen MR) is 100 cm³/mol. The Morgan fingerprint density at radius 1 is 1.22 bits per heavy atom. The molecular formula is C18H23N3O5S. The summed E-state index contributed by atoms with van der Waals surface area (Å²) in [5, 5.41) is 7.48. The Kier molecular flexibility index (Phi) is 6.15. The van der Waals surface area contributed by atoms with Crippen LogP contribution < -0.4 is 16.0 Å². The predicted octanol–water partition coefficient (Wildman–Crippen LogP) is 1.45. The highest BCUT2D eigenvalue weighted by atomic mass is 32.2. The highest BCUT2D eigenvalue weighted by Gasteiger charge is 2.42. The monoisotopic (exact) mass is 393 g/mol. The molecule has 27 heavy (non-hydrogen) atoms. The maximum Gasteiger partial charge on any atom is 0.339 e. The van der Waals surface area contributed by atoms with E-state index in [4.69, 9.17) is 4.74 Å². The van der Waals surface area contributed by atoms with Crippen LogP contribution in [0.15, 0.2) is 29.2 Å². The molecule has 1 atom stereocenters. The van der Waals surface area contributed by atoms with Crippen LogP contribution in [0.4, 0.5) is 4.79 Å². The van der Waals surface area contributed by atoms with Crippen molar-refractivity contribution in [3.05, 3.63) is 29.8 Å². The SMILES string of the molecule is CC(C)(C)NC(=O)COC(=O)c1ccccc1SC[C@]1(C)NC(=O)NC1=O. The van der Waals surface area contributed by atoms with Gasteiger partial charge in [0.15, 0.2) is 6.61 Å². The number of carbonyl (C=O) groups excluding carboxylic acids is 4. The molecule has 1 fully saturated rings. The van der Waals surface area contributed by atoms with E-state index in [9.17, 15) is 19.2 Å². The van der Waals surface area contributed by atoms with Gasteiger partial charge in [0.1, 0.15) is 5.54 Å². The number of hydrogen-bond donors (Lipinski definition) is 3. The number of amides is 4. The van der Waals surface area contributed by atoms with Crippen LogP contribution in [0, 0.1) is 0 Å². The zero-order valence-electron chi connectivity index (χ0n) is 15.7. The molecule has 1 aliphatic heterocycles. The maximum absolute atomic E-state index is 12.4. The topological polar surface area (TPSA) is 114 Å². The molecule has 1 aromatic rings. The first-order valence-corrected chi connectivity index (χ1v) is 9.32. The summed E-state index contributed by atoms with van der Waals surface area (Å²) < 4.78 is 5.10. The number of nitrogens with one attached hydrogen (secondary N) is 3. The van der Waals surface area contributed by atoms with Gasteiger partial charge < -0.3 is 15.4 Å². The molecule has 1 saturated heterocycles. The number of carbonyl (C=O) groups is 4. The third-order valence-corrected chi connectivity index (χ3v) is 4.98. The number of thioether (sulfide) groups is 1. The van der Waals surface area contributed by atoms with Gasteiger partial charge in [-0.1, -0.05) is 12.1 Å². The first kappa shape index (κ1) is 20.8. The van der Waals surface area contributed by atoms with Crippen LogP contribution in [0.5, 0.6) is 0 Å². The number of benzene rings is 1. The molecule has 9 heteroatoms. The van der Waals surface area contributed by atoms with E-state index in [1.807, 2.05) is 20.8 Å². The Labute approximate surface area is 161 Å². The highest BCUT2D eigenvalue weighted by Crippen LogP contribution is 2.28. The molecule has 0 aromatic heterocycles. The molecule has 3 N–H and O–H groups in total. The average molecular weight is 393 g/mol. The van der Waals surface area contributed by atoms with Crippen molar-refractivity contribution in [1.29, 1.82) is 0 Å². The molecule has 1 aromatic carbocycles. The fourth-order valence-corrected chi connectivity index (χ4v) is 3.46. The van der Waals surface area contributed by atoms with E-state index < -0.39 is 29.0 Å². The van der Waals surface area contributed by atoms with E-state index in [1.165, 1.54) is 11.8 Å². The second kappa shape index (κ2) is 7.99. The molecule has 1 aliphatic rings. The van der Waals surface area contributed by atoms with Crippen LogP contribution in [0.25, 0.3) is 0 Å². The largest absolute Gasteiger partial charge is 0.452 e. The van der Waals surface area contributed by atoms with Crippen molar-refractivity contribution in [3.8, 4) is 0 Å². The van der Waals surface area contributed by atoms with E-state index in [0.717, 1.165) is 0 Å². The van der Waals surface area contributed by atoms with Gasteiger partial charge in [-0.05, 0) is 39.8 Å². The summed E-state index contributed by atoms with van der Waals surface area (Å²) in [4.78, 5) is 48.0. The molecule has 0 aliphatic carbocycles. The standard InChI is InChI=1S/C18H23N3O5S/c1-17(2,3)20-13(22)9-26-14(23)11-7-5-6-8-12(11)27-10-18(4)15(24)19-16(25)21-18/h5-8H,9-10H2,1-4H3,(H,20,22)(H2,19,21,24,25)/t18-/m0/s1. The molecular weight excluding hydrogens is 370 g/mol. The minimum atomic E-state index is -1.06. The fourth-order valence-electron chi connectivity index (χ4n) is 2.33. The van der Waals surface area contributed by atoms with Crippen LogP contribution in [-0.4, -0.2) is 47.3 Å².